The van der Waals surface area contributed by atoms with Crippen LogP contribution in [0.25, 0.3) is 0 Å². The molecule has 1 heterocycles. The number of carbonyl (C=O) groups is 1. The van der Waals surface area contributed by atoms with Crippen molar-refractivity contribution < 1.29 is 17.9 Å². The number of carbonyl (C=O) groups excluding carboxylic acids is 1. The Bertz CT molecular complexity index is 1000. The van der Waals surface area contributed by atoms with Crippen LogP contribution < -0.4 is 4.72 Å². The van der Waals surface area contributed by atoms with E-state index in [1.807, 2.05) is 67.6 Å². The summed E-state index contributed by atoms with van der Waals surface area (Å²) in [4.78, 5) is 11.9. The predicted octanol–water partition coefficient (Wildman–Crippen LogP) is 3.82. The number of thiophene rings is 1. The summed E-state index contributed by atoms with van der Waals surface area (Å²) >= 11 is 1.04. The first-order valence-electron chi connectivity index (χ1n) is 8.65. The minimum atomic E-state index is -3.89. The molecule has 146 valence electrons. The van der Waals surface area contributed by atoms with E-state index in [0.717, 1.165) is 22.5 Å². The summed E-state index contributed by atoms with van der Waals surface area (Å²) in [6.45, 7) is 2.13. The van der Waals surface area contributed by atoms with E-state index < -0.39 is 21.4 Å². The smallest absolute Gasteiger partial charge is 0.349 e. The van der Waals surface area contributed by atoms with Gasteiger partial charge in [-0.1, -0.05) is 67.6 Å². The minimum absolute atomic E-state index is 0.0622. The Morgan fingerprint density at radius 3 is 2.04 bits per heavy atom. The summed E-state index contributed by atoms with van der Waals surface area (Å²) in [5.41, 5.74) is 1.39. The lowest BCUT2D eigenvalue weighted by molar-refractivity contribution is 0.0602. The van der Waals surface area contributed by atoms with Crippen molar-refractivity contribution in [3.05, 3.63) is 88.1 Å². The molecule has 0 saturated heterocycles. The first-order valence-corrected chi connectivity index (χ1v) is 11.0. The van der Waals surface area contributed by atoms with E-state index >= 15 is 0 Å². The molecule has 0 amide bonds. The van der Waals surface area contributed by atoms with Crippen molar-refractivity contribution >= 4 is 27.3 Å². The van der Waals surface area contributed by atoms with E-state index in [2.05, 4.69) is 4.72 Å². The minimum Gasteiger partial charge on any atom is -0.465 e. The maximum absolute atomic E-state index is 12.9. The maximum atomic E-state index is 12.9. The van der Waals surface area contributed by atoms with E-state index in [9.17, 15) is 13.2 Å². The molecule has 0 unspecified atom stereocenters. The van der Waals surface area contributed by atoms with Crippen LogP contribution in [0, 0.1) is 0 Å². The fraction of sp³-hybridized carbons (Fsp3) is 0.190. The second-order valence-corrected chi connectivity index (χ2v) is 9.15. The average molecular weight is 416 g/mol. The van der Waals surface area contributed by atoms with E-state index in [4.69, 9.17) is 4.74 Å². The highest BCUT2D eigenvalue weighted by Gasteiger charge is 2.32. The standard InChI is InChI=1S/C21H21NO4S2/c1-21(16-9-5-3-6-10-16,17-11-7-4-8-12-17)15-22-28(24,25)18-13-14-27-19(18)20(23)26-2/h3-14,22H,15H2,1-2H3. The van der Waals surface area contributed by atoms with Crippen LogP contribution in [-0.4, -0.2) is 28.0 Å². The van der Waals surface area contributed by atoms with Gasteiger partial charge in [-0.3, -0.25) is 0 Å². The lowest BCUT2D eigenvalue weighted by Gasteiger charge is -2.31. The molecule has 0 spiro atoms. The molecule has 3 rings (SSSR count). The van der Waals surface area contributed by atoms with Crippen LogP contribution in [0.15, 0.2) is 77.0 Å². The van der Waals surface area contributed by atoms with Gasteiger partial charge in [-0.25, -0.2) is 17.9 Å². The number of rotatable bonds is 7. The van der Waals surface area contributed by atoms with Crippen molar-refractivity contribution in [1.29, 1.82) is 0 Å². The molecule has 0 saturated carbocycles. The van der Waals surface area contributed by atoms with Crippen molar-refractivity contribution in [1.82, 2.24) is 4.72 Å². The third-order valence-electron chi connectivity index (χ3n) is 4.73. The molecule has 0 aliphatic rings. The monoisotopic (exact) mass is 415 g/mol. The molecule has 0 aliphatic heterocycles. The van der Waals surface area contributed by atoms with Crippen LogP contribution in [0.1, 0.15) is 27.7 Å². The largest absolute Gasteiger partial charge is 0.465 e. The molecule has 5 nitrogen and oxygen atoms in total. The Hall–Kier alpha value is -2.48. The van der Waals surface area contributed by atoms with Gasteiger partial charge in [0.1, 0.15) is 9.77 Å². The predicted molar refractivity (Wildman–Crippen MR) is 110 cm³/mol. The fourth-order valence-electron chi connectivity index (χ4n) is 3.05. The molecule has 0 atom stereocenters. The van der Waals surface area contributed by atoms with Gasteiger partial charge < -0.3 is 4.74 Å². The molecule has 7 heteroatoms. The normalized spacial score (nSPS) is 11.9. The van der Waals surface area contributed by atoms with E-state index in [0.29, 0.717) is 0 Å². The van der Waals surface area contributed by atoms with Crippen LogP contribution in [0.2, 0.25) is 0 Å². The zero-order chi connectivity index (χ0) is 20.2. The maximum Gasteiger partial charge on any atom is 0.349 e. The second kappa shape index (κ2) is 8.26. The number of esters is 1. The summed E-state index contributed by atoms with van der Waals surface area (Å²) < 4.78 is 33.2. The SMILES string of the molecule is COC(=O)c1sccc1S(=O)(=O)NCC(C)(c1ccccc1)c1ccccc1. The molecule has 0 aliphatic carbocycles. The quantitative estimate of drug-likeness (QED) is 0.596. The van der Waals surface area contributed by atoms with E-state index in [1.54, 1.807) is 5.38 Å². The van der Waals surface area contributed by atoms with Crippen molar-refractivity contribution in [2.45, 2.75) is 17.2 Å². The van der Waals surface area contributed by atoms with Gasteiger partial charge in [0.2, 0.25) is 10.0 Å². The van der Waals surface area contributed by atoms with Crippen molar-refractivity contribution in [3.63, 3.8) is 0 Å². The van der Waals surface area contributed by atoms with Crippen LogP contribution in [-0.2, 0) is 20.2 Å². The van der Waals surface area contributed by atoms with Crippen molar-refractivity contribution in [3.8, 4) is 0 Å². The van der Waals surface area contributed by atoms with Crippen molar-refractivity contribution in [2.24, 2.45) is 0 Å². The number of hydrogen-bond donors (Lipinski definition) is 1. The lowest BCUT2D eigenvalue weighted by Crippen LogP contribution is -2.39. The number of sulfonamides is 1. The Balaban J connectivity index is 1.95. The van der Waals surface area contributed by atoms with Crippen LogP contribution in [0.5, 0.6) is 0 Å². The van der Waals surface area contributed by atoms with Gasteiger partial charge in [0.05, 0.1) is 7.11 Å². The fourth-order valence-corrected chi connectivity index (χ4v) is 5.52. The molecular formula is C21H21NO4S2. The Morgan fingerprint density at radius 1 is 1.00 bits per heavy atom. The Labute approximate surface area is 169 Å². The first kappa shape index (κ1) is 20.3. The topological polar surface area (TPSA) is 72.5 Å². The zero-order valence-corrected chi connectivity index (χ0v) is 17.2. The second-order valence-electron chi connectivity index (χ2n) is 6.49. The highest BCUT2D eigenvalue weighted by atomic mass is 32.2. The molecular weight excluding hydrogens is 394 g/mol. The molecule has 3 aromatic rings. The molecule has 0 radical (unpaired) electrons. The van der Waals surface area contributed by atoms with Gasteiger partial charge in [0, 0.05) is 12.0 Å². The van der Waals surface area contributed by atoms with Gasteiger partial charge >= 0.3 is 5.97 Å². The van der Waals surface area contributed by atoms with Gasteiger partial charge in [-0.2, -0.15) is 0 Å². The van der Waals surface area contributed by atoms with E-state index in [1.165, 1.54) is 13.2 Å². The first-order chi connectivity index (χ1) is 13.4. The number of hydrogen-bond acceptors (Lipinski definition) is 5. The molecule has 2 aromatic carbocycles. The Kier molecular flexibility index (Phi) is 5.98. The van der Waals surface area contributed by atoms with Crippen LogP contribution >= 0.6 is 11.3 Å². The van der Waals surface area contributed by atoms with Crippen LogP contribution in [0.3, 0.4) is 0 Å². The summed E-state index contributed by atoms with van der Waals surface area (Å²) in [6, 6.07) is 20.9. The third kappa shape index (κ3) is 4.01. The average Bonchev–Trinajstić information content (AvgIpc) is 3.24. The highest BCUT2D eigenvalue weighted by molar-refractivity contribution is 7.89. The number of ether oxygens (including phenoxy) is 1. The summed E-state index contributed by atoms with van der Waals surface area (Å²) in [5, 5.41) is 1.56. The lowest BCUT2D eigenvalue weighted by atomic mass is 9.76. The highest BCUT2D eigenvalue weighted by Crippen LogP contribution is 2.32. The van der Waals surface area contributed by atoms with Crippen LogP contribution in [0.4, 0.5) is 0 Å². The summed E-state index contributed by atoms with van der Waals surface area (Å²) in [5.74, 6) is -0.663. The van der Waals surface area contributed by atoms with Gasteiger partial charge in [0.25, 0.3) is 0 Å². The number of benzene rings is 2. The zero-order valence-electron chi connectivity index (χ0n) is 15.6. The Morgan fingerprint density at radius 2 is 1.54 bits per heavy atom. The summed E-state index contributed by atoms with van der Waals surface area (Å²) in [6.07, 6.45) is 0. The number of nitrogens with one attached hydrogen (secondary N) is 1. The van der Waals surface area contributed by atoms with Gasteiger partial charge in [-0.05, 0) is 22.6 Å². The molecule has 28 heavy (non-hydrogen) atoms. The molecule has 0 fully saturated rings. The van der Waals surface area contributed by atoms with E-state index in [-0.39, 0.29) is 16.3 Å². The van der Waals surface area contributed by atoms with Gasteiger partial charge in [-0.15, -0.1) is 11.3 Å². The third-order valence-corrected chi connectivity index (χ3v) is 7.19. The molecule has 1 aromatic heterocycles. The number of methoxy groups -OCH3 is 1. The molecule has 0 bridgehead atoms. The van der Waals surface area contributed by atoms with Crippen molar-refractivity contribution in [2.75, 3.05) is 13.7 Å². The van der Waals surface area contributed by atoms with Gasteiger partial charge in [0.15, 0.2) is 0 Å². The summed E-state index contributed by atoms with van der Waals surface area (Å²) in [7, 11) is -2.66. The molecule has 1 N–H and O–H groups in total.